The summed E-state index contributed by atoms with van der Waals surface area (Å²) >= 11 is 1.26. The molecule has 4 nitrogen and oxygen atoms in total. The quantitative estimate of drug-likeness (QED) is 0.825. The number of hydrogen-bond donors (Lipinski definition) is 1. The van der Waals surface area contributed by atoms with E-state index in [1.54, 1.807) is 6.20 Å². The highest BCUT2D eigenvalue weighted by atomic mass is 32.1. The van der Waals surface area contributed by atoms with Crippen LogP contribution in [0.15, 0.2) is 6.20 Å². The highest BCUT2D eigenvalue weighted by Gasteiger charge is 2.18. The topological polar surface area (TPSA) is 55.2 Å². The minimum atomic E-state index is -0.417. The third-order valence-electron chi connectivity index (χ3n) is 2.49. The summed E-state index contributed by atoms with van der Waals surface area (Å²) in [6, 6.07) is 0. The zero-order chi connectivity index (χ0) is 9.80. The van der Waals surface area contributed by atoms with Crippen molar-refractivity contribution in [3.05, 3.63) is 11.1 Å². The second-order valence-corrected chi connectivity index (χ2v) is 4.37. The van der Waals surface area contributed by atoms with Gasteiger partial charge in [0.05, 0.1) is 23.3 Å². The maximum absolute atomic E-state index is 9.74. The molecule has 5 heteroatoms. The first kappa shape index (κ1) is 10.0. The molecule has 2 heterocycles. The van der Waals surface area contributed by atoms with Crippen LogP contribution >= 0.6 is 11.5 Å². The molecule has 0 amide bonds. The highest BCUT2D eigenvalue weighted by molar-refractivity contribution is 7.05. The summed E-state index contributed by atoms with van der Waals surface area (Å²) in [5, 5.41) is 13.4. The van der Waals surface area contributed by atoms with Crippen LogP contribution in [0.1, 0.15) is 36.7 Å². The zero-order valence-electron chi connectivity index (χ0n) is 7.93. The van der Waals surface area contributed by atoms with Gasteiger partial charge in [-0.25, -0.2) is 0 Å². The first-order valence-corrected chi connectivity index (χ1v) is 5.70. The molecular weight excluding hydrogens is 200 g/mol. The molecule has 0 bridgehead atoms. The largest absolute Gasteiger partial charge is 0.387 e. The van der Waals surface area contributed by atoms with E-state index in [0.29, 0.717) is 6.10 Å². The SMILES string of the molecule is OC(CCC1CCCO1)c1cnns1. The average Bonchev–Trinajstić information content (AvgIpc) is 2.87. The molecule has 2 rings (SSSR count). The molecule has 0 aliphatic carbocycles. The molecule has 0 radical (unpaired) electrons. The van der Waals surface area contributed by atoms with Gasteiger partial charge in [-0.3, -0.25) is 0 Å². The zero-order valence-corrected chi connectivity index (χ0v) is 8.74. The first-order chi connectivity index (χ1) is 6.86. The monoisotopic (exact) mass is 214 g/mol. The van der Waals surface area contributed by atoms with Crippen molar-refractivity contribution < 1.29 is 9.84 Å². The van der Waals surface area contributed by atoms with E-state index in [1.807, 2.05) is 0 Å². The minimum absolute atomic E-state index is 0.352. The number of nitrogens with zero attached hydrogens (tertiary/aromatic N) is 2. The van der Waals surface area contributed by atoms with Crippen molar-refractivity contribution in [3.8, 4) is 0 Å². The van der Waals surface area contributed by atoms with E-state index < -0.39 is 6.10 Å². The molecule has 1 aromatic heterocycles. The van der Waals surface area contributed by atoms with E-state index >= 15 is 0 Å². The van der Waals surface area contributed by atoms with Gasteiger partial charge in [-0.05, 0) is 37.2 Å². The fourth-order valence-corrected chi connectivity index (χ4v) is 2.20. The Kier molecular flexibility index (Phi) is 3.44. The van der Waals surface area contributed by atoms with Gasteiger partial charge < -0.3 is 9.84 Å². The molecule has 1 saturated heterocycles. The number of rotatable bonds is 4. The average molecular weight is 214 g/mol. The Morgan fingerprint density at radius 1 is 1.71 bits per heavy atom. The number of aliphatic hydroxyl groups is 1. The summed E-state index contributed by atoms with van der Waals surface area (Å²) in [5.41, 5.74) is 0. The second-order valence-electron chi connectivity index (χ2n) is 3.55. The Bertz CT molecular complexity index is 260. The predicted molar refractivity (Wildman–Crippen MR) is 53.1 cm³/mol. The summed E-state index contributed by atoms with van der Waals surface area (Å²) in [7, 11) is 0. The normalized spacial score (nSPS) is 23.9. The molecule has 1 aromatic rings. The Hall–Kier alpha value is -0.520. The van der Waals surface area contributed by atoms with Crippen molar-refractivity contribution in [2.24, 2.45) is 0 Å². The Morgan fingerprint density at radius 2 is 2.64 bits per heavy atom. The molecule has 1 fully saturated rings. The lowest BCUT2D eigenvalue weighted by atomic mass is 10.1. The molecule has 2 atom stereocenters. The van der Waals surface area contributed by atoms with Crippen LogP contribution < -0.4 is 0 Å². The van der Waals surface area contributed by atoms with E-state index in [-0.39, 0.29) is 0 Å². The van der Waals surface area contributed by atoms with Gasteiger partial charge in [0.15, 0.2) is 0 Å². The lowest BCUT2D eigenvalue weighted by Gasteiger charge is -2.11. The summed E-state index contributed by atoms with van der Waals surface area (Å²) in [6.45, 7) is 0.878. The van der Waals surface area contributed by atoms with Gasteiger partial charge in [-0.2, -0.15) is 0 Å². The van der Waals surface area contributed by atoms with E-state index in [1.165, 1.54) is 11.5 Å². The van der Waals surface area contributed by atoms with Crippen molar-refractivity contribution in [1.82, 2.24) is 9.59 Å². The Morgan fingerprint density at radius 3 is 3.29 bits per heavy atom. The van der Waals surface area contributed by atoms with Crippen molar-refractivity contribution in [2.45, 2.75) is 37.9 Å². The van der Waals surface area contributed by atoms with Crippen LogP contribution in [-0.2, 0) is 4.74 Å². The highest BCUT2D eigenvalue weighted by Crippen LogP contribution is 2.24. The van der Waals surface area contributed by atoms with Crippen molar-refractivity contribution >= 4 is 11.5 Å². The summed E-state index contributed by atoms with van der Waals surface area (Å²) < 4.78 is 9.21. The van der Waals surface area contributed by atoms with Gasteiger partial charge in [0.2, 0.25) is 0 Å². The van der Waals surface area contributed by atoms with Crippen LogP contribution in [0.25, 0.3) is 0 Å². The molecule has 0 saturated carbocycles. The molecule has 0 aromatic carbocycles. The Labute approximate surface area is 87.1 Å². The van der Waals surface area contributed by atoms with E-state index in [4.69, 9.17) is 4.74 Å². The van der Waals surface area contributed by atoms with Crippen molar-refractivity contribution in [1.29, 1.82) is 0 Å². The molecule has 1 N–H and O–H groups in total. The van der Waals surface area contributed by atoms with Gasteiger partial charge in [0.1, 0.15) is 0 Å². The smallest absolute Gasteiger partial charge is 0.0915 e. The minimum Gasteiger partial charge on any atom is -0.387 e. The van der Waals surface area contributed by atoms with Gasteiger partial charge >= 0.3 is 0 Å². The molecule has 14 heavy (non-hydrogen) atoms. The second kappa shape index (κ2) is 4.82. The summed E-state index contributed by atoms with van der Waals surface area (Å²) in [5.74, 6) is 0. The van der Waals surface area contributed by atoms with Crippen LogP contribution in [0.2, 0.25) is 0 Å². The standard InChI is InChI=1S/C9H14N2O2S/c12-8(9-6-10-11-14-9)4-3-7-2-1-5-13-7/h6-8,12H,1-5H2. The molecular formula is C9H14N2O2S. The van der Waals surface area contributed by atoms with E-state index in [0.717, 1.165) is 37.2 Å². The molecule has 2 unspecified atom stereocenters. The third kappa shape index (κ3) is 2.50. The van der Waals surface area contributed by atoms with Gasteiger partial charge in [0.25, 0.3) is 0 Å². The summed E-state index contributed by atoms with van der Waals surface area (Å²) in [6.07, 6.45) is 5.53. The van der Waals surface area contributed by atoms with Gasteiger partial charge in [0, 0.05) is 6.61 Å². The van der Waals surface area contributed by atoms with E-state index in [2.05, 4.69) is 9.59 Å². The van der Waals surface area contributed by atoms with Crippen molar-refractivity contribution in [2.75, 3.05) is 6.61 Å². The number of hydrogen-bond acceptors (Lipinski definition) is 5. The predicted octanol–water partition coefficient (Wildman–Crippen LogP) is 1.53. The van der Waals surface area contributed by atoms with E-state index in [9.17, 15) is 5.11 Å². The van der Waals surface area contributed by atoms with Crippen LogP contribution in [-0.4, -0.2) is 27.4 Å². The van der Waals surface area contributed by atoms with Crippen LogP contribution in [0, 0.1) is 0 Å². The number of ether oxygens (including phenoxy) is 1. The Balaban J connectivity index is 1.74. The molecule has 0 spiro atoms. The fraction of sp³-hybridized carbons (Fsp3) is 0.778. The molecule has 1 aliphatic rings. The van der Waals surface area contributed by atoms with Crippen LogP contribution in [0.5, 0.6) is 0 Å². The summed E-state index contributed by atoms with van der Waals surface area (Å²) in [4.78, 5) is 0.850. The maximum Gasteiger partial charge on any atom is 0.0915 e. The van der Waals surface area contributed by atoms with Crippen LogP contribution in [0.3, 0.4) is 0 Å². The van der Waals surface area contributed by atoms with Crippen LogP contribution in [0.4, 0.5) is 0 Å². The lowest BCUT2D eigenvalue weighted by Crippen LogP contribution is -2.07. The lowest BCUT2D eigenvalue weighted by molar-refractivity contribution is 0.0820. The van der Waals surface area contributed by atoms with Gasteiger partial charge in [-0.1, -0.05) is 4.49 Å². The van der Waals surface area contributed by atoms with Gasteiger partial charge in [-0.15, -0.1) is 5.10 Å². The maximum atomic E-state index is 9.74. The number of aliphatic hydroxyl groups excluding tert-OH is 1. The molecule has 1 aliphatic heterocycles. The van der Waals surface area contributed by atoms with Crippen molar-refractivity contribution in [3.63, 3.8) is 0 Å². The fourth-order valence-electron chi connectivity index (χ4n) is 1.68. The molecule has 78 valence electrons. The third-order valence-corrected chi connectivity index (χ3v) is 3.26. The first-order valence-electron chi connectivity index (χ1n) is 4.93. The number of aromatic nitrogens is 2.